The van der Waals surface area contributed by atoms with E-state index in [-0.39, 0.29) is 0 Å². The van der Waals surface area contributed by atoms with Crippen LogP contribution in [0.2, 0.25) is 0 Å². The molecule has 0 bridgehead atoms. The standard InChI is InChI=1S/C20H23N/c1-2-4-9-15(10-5-3-1)16-12-8-13-18-17-11-6-7-14-19(17)21-20(16)18/h6-8,11-15,21H,1-5,9-10H2. The predicted octanol–water partition coefficient (Wildman–Crippen LogP) is 6.15. The minimum atomic E-state index is 0.738. The summed E-state index contributed by atoms with van der Waals surface area (Å²) >= 11 is 0. The molecule has 1 nitrogen and oxygen atoms in total. The lowest BCUT2D eigenvalue weighted by Crippen LogP contribution is -2.03. The first kappa shape index (κ1) is 12.9. The molecule has 0 saturated heterocycles. The van der Waals surface area contributed by atoms with Gasteiger partial charge in [-0.3, -0.25) is 0 Å². The number of nitrogens with one attached hydrogen (secondary N) is 1. The van der Waals surface area contributed by atoms with Gasteiger partial charge in [0.2, 0.25) is 0 Å². The molecule has 108 valence electrons. The van der Waals surface area contributed by atoms with Crippen molar-refractivity contribution < 1.29 is 0 Å². The van der Waals surface area contributed by atoms with Crippen LogP contribution < -0.4 is 0 Å². The Labute approximate surface area is 126 Å². The number of hydrogen-bond acceptors (Lipinski definition) is 0. The van der Waals surface area contributed by atoms with Crippen molar-refractivity contribution >= 4 is 21.8 Å². The Bertz CT molecular complexity index is 745. The Hall–Kier alpha value is -1.76. The maximum Gasteiger partial charge on any atom is 0.0500 e. The van der Waals surface area contributed by atoms with Crippen molar-refractivity contribution in [2.24, 2.45) is 0 Å². The van der Waals surface area contributed by atoms with E-state index in [1.54, 1.807) is 5.56 Å². The quantitative estimate of drug-likeness (QED) is 0.549. The maximum atomic E-state index is 3.68. The molecule has 21 heavy (non-hydrogen) atoms. The second kappa shape index (κ2) is 5.55. The van der Waals surface area contributed by atoms with Crippen molar-refractivity contribution in [3.63, 3.8) is 0 Å². The Morgan fingerprint density at radius 2 is 1.43 bits per heavy atom. The largest absolute Gasteiger partial charge is 0.354 e. The number of fused-ring (bicyclic) bond motifs is 3. The minimum Gasteiger partial charge on any atom is -0.354 e. The summed E-state index contributed by atoms with van der Waals surface area (Å²) in [6.45, 7) is 0. The molecule has 1 aliphatic rings. The molecule has 1 saturated carbocycles. The smallest absolute Gasteiger partial charge is 0.0500 e. The fraction of sp³-hybridized carbons (Fsp3) is 0.400. The van der Waals surface area contributed by atoms with E-state index in [1.165, 1.54) is 66.8 Å². The fourth-order valence-corrected chi connectivity index (χ4v) is 4.00. The summed E-state index contributed by atoms with van der Waals surface area (Å²) in [6, 6.07) is 15.5. The number of rotatable bonds is 1. The van der Waals surface area contributed by atoms with Crippen molar-refractivity contribution in [3.05, 3.63) is 48.0 Å². The van der Waals surface area contributed by atoms with Gasteiger partial charge in [0.15, 0.2) is 0 Å². The molecule has 2 aromatic carbocycles. The number of hydrogen-bond donors (Lipinski definition) is 1. The monoisotopic (exact) mass is 277 g/mol. The number of aromatic amines is 1. The van der Waals surface area contributed by atoms with Crippen LogP contribution in [0.4, 0.5) is 0 Å². The molecular formula is C20H23N. The summed E-state index contributed by atoms with van der Waals surface area (Å²) in [6.07, 6.45) is 9.76. The first-order valence-corrected chi connectivity index (χ1v) is 8.43. The molecule has 4 rings (SSSR count). The molecule has 3 aromatic rings. The van der Waals surface area contributed by atoms with Crippen LogP contribution in [0.5, 0.6) is 0 Å². The van der Waals surface area contributed by atoms with E-state index < -0.39 is 0 Å². The number of H-pyrrole nitrogens is 1. The van der Waals surface area contributed by atoms with Crippen molar-refractivity contribution in [1.29, 1.82) is 0 Å². The number of benzene rings is 2. The lowest BCUT2D eigenvalue weighted by Gasteiger charge is -2.20. The highest BCUT2D eigenvalue weighted by molar-refractivity contribution is 6.08. The predicted molar refractivity (Wildman–Crippen MR) is 90.9 cm³/mol. The Morgan fingerprint density at radius 3 is 2.29 bits per heavy atom. The second-order valence-corrected chi connectivity index (χ2v) is 6.48. The van der Waals surface area contributed by atoms with E-state index in [2.05, 4.69) is 47.4 Å². The van der Waals surface area contributed by atoms with E-state index >= 15 is 0 Å². The summed E-state index contributed by atoms with van der Waals surface area (Å²) in [5.74, 6) is 0.738. The Kier molecular flexibility index (Phi) is 3.42. The van der Waals surface area contributed by atoms with Crippen LogP contribution in [0, 0.1) is 0 Å². The van der Waals surface area contributed by atoms with Crippen LogP contribution in [-0.2, 0) is 0 Å². The Balaban J connectivity index is 1.83. The van der Waals surface area contributed by atoms with Gasteiger partial charge in [-0.05, 0) is 30.4 Å². The molecule has 0 spiro atoms. The lowest BCUT2D eigenvalue weighted by molar-refractivity contribution is 0.457. The first-order valence-electron chi connectivity index (χ1n) is 8.43. The molecule has 0 atom stereocenters. The van der Waals surface area contributed by atoms with Crippen molar-refractivity contribution in [2.75, 3.05) is 0 Å². The van der Waals surface area contributed by atoms with Gasteiger partial charge in [-0.15, -0.1) is 0 Å². The van der Waals surface area contributed by atoms with Crippen LogP contribution in [0.25, 0.3) is 21.8 Å². The van der Waals surface area contributed by atoms with Crippen LogP contribution in [-0.4, -0.2) is 4.98 Å². The summed E-state index contributed by atoms with van der Waals surface area (Å²) < 4.78 is 0. The van der Waals surface area contributed by atoms with Gasteiger partial charge in [0, 0.05) is 21.8 Å². The lowest BCUT2D eigenvalue weighted by atomic mass is 9.85. The topological polar surface area (TPSA) is 15.8 Å². The number of para-hydroxylation sites is 2. The SMILES string of the molecule is c1ccc2c(c1)[nH]c1c(C3CCCCCCC3)cccc12. The van der Waals surface area contributed by atoms with Crippen LogP contribution >= 0.6 is 0 Å². The van der Waals surface area contributed by atoms with Gasteiger partial charge < -0.3 is 4.98 Å². The summed E-state index contributed by atoms with van der Waals surface area (Å²) in [5, 5.41) is 2.75. The molecule has 1 N–H and O–H groups in total. The molecule has 1 aliphatic carbocycles. The number of aromatic nitrogens is 1. The maximum absolute atomic E-state index is 3.68. The van der Waals surface area contributed by atoms with Gasteiger partial charge in [0.1, 0.15) is 0 Å². The van der Waals surface area contributed by atoms with E-state index in [0.29, 0.717) is 0 Å². The summed E-state index contributed by atoms with van der Waals surface area (Å²) in [4.78, 5) is 3.68. The van der Waals surface area contributed by atoms with E-state index in [4.69, 9.17) is 0 Å². The molecule has 0 unspecified atom stereocenters. The van der Waals surface area contributed by atoms with Crippen LogP contribution in [0.1, 0.15) is 56.4 Å². The zero-order valence-corrected chi connectivity index (χ0v) is 12.6. The summed E-state index contributed by atoms with van der Waals surface area (Å²) in [7, 11) is 0. The highest BCUT2D eigenvalue weighted by atomic mass is 14.7. The molecule has 1 heterocycles. The molecule has 1 fully saturated rings. The highest BCUT2D eigenvalue weighted by Crippen LogP contribution is 2.36. The molecule has 1 aromatic heterocycles. The molecular weight excluding hydrogens is 254 g/mol. The van der Waals surface area contributed by atoms with E-state index in [9.17, 15) is 0 Å². The molecule has 1 heteroatoms. The summed E-state index contributed by atoms with van der Waals surface area (Å²) in [5.41, 5.74) is 4.20. The fourth-order valence-electron chi connectivity index (χ4n) is 4.00. The van der Waals surface area contributed by atoms with Gasteiger partial charge in [0.25, 0.3) is 0 Å². The first-order chi connectivity index (χ1) is 10.4. The van der Waals surface area contributed by atoms with E-state index in [0.717, 1.165) is 5.92 Å². The molecule has 0 radical (unpaired) electrons. The normalized spacial score (nSPS) is 17.9. The minimum absolute atomic E-state index is 0.738. The van der Waals surface area contributed by atoms with Gasteiger partial charge in [-0.1, -0.05) is 68.5 Å². The third-order valence-electron chi connectivity index (χ3n) is 5.12. The molecule has 0 aliphatic heterocycles. The van der Waals surface area contributed by atoms with Gasteiger partial charge >= 0.3 is 0 Å². The van der Waals surface area contributed by atoms with Crippen molar-refractivity contribution in [2.45, 2.75) is 50.9 Å². The van der Waals surface area contributed by atoms with Gasteiger partial charge in [-0.2, -0.15) is 0 Å². The highest BCUT2D eigenvalue weighted by Gasteiger charge is 2.17. The molecule has 0 amide bonds. The average molecular weight is 277 g/mol. The van der Waals surface area contributed by atoms with Gasteiger partial charge in [-0.25, -0.2) is 0 Å². The third kappa shape index (κ3) is 2.35. The van der Waals surface area contributed by atoms with Gasteiger partial charge in [0.05, 0.1) is 0 Å². The van der Waals surface area contributed by atoms with Crippen LogP contribution in [0.3, 0.4) is 0 Å². The second-order valence-electron chi connectivity index (χ2n) is 6.48. The average Bonchev–Trinajstić information content (AvgIpc) is 2.86. The Morgan fingerprint density at radius 1 is 0.714 bits per heavy atom. The van der Waals surface area contributed by atoms with Crippen molar-refractivity contribution in [1.82, 2.24) is 4.98 Å². The zero-order chi connectivity index (χ0) is 14.1. The van der Waals surface area contributed by atoms with E-state index in [1.807, 2.05) is 0 Å². The van der Waals surface area contributed by atoms with Crippen LogP contribution in [0.15, 0.2) is 42.5 Å². The zero-order valence-electron chi connectivity index (χ0n) is 12.6. The third-order valence-corrected chi connectivity index (χ3v) is 5.12. The van der Waals surface area contributed by atoms with Crippen molar-refractivity contribution in [3.8, 4) is 0 Å².